The molecule has 1 unspecified atom stereocenters. The van der Waals surface area contributed by atoms with E-state index in [4.69, 9.17) is 0 Å². The fraction of sp³-hybridized carbons (Fsp3) is 0.615. The predicted octanol–water partition coefficient (Wildman–Crippen LogP) is 4.06. The Labute approximate surface area is 98.0 Å². The first-order valence-corrected chi connectivity index (χ1v) is 6.47. The van der Waals surface area contributed by atoms with E-state index in [9.17, 15) is 4.79 Å². The minimum absolute atomic E-state index is 0.0127. The maximum atomic E-state index is 10.7. The van der Waals surface area contributed by atoms with Gasteiger partial charge in [-0.15, -0.1) is 11.8 Å². The van der Waals surface area contributed by atoms with Crippen LogP contribution < -0.4 is 0 Å². The Balaban J connectivity index is 5.24. The maximum absolute atomic E-state index is 10.7. The monoisotopic (exact) mass is 226 g/mol. The molecule has 0 saturated carbocycles. The van der Waals surface area contributed by atoms with Gasteiger partial charge >= 0.3 is 0 Å². The summed E-state index contributed by atoms with van der Waals surface area (Å²) in [5.41, 5.74) is 1.35. The molecule has 15 heavy (non-hydrogen) atoms. The van der Waals surface area contributed by atoms with Gasteiger partial charge in [-0.05, 0) is 24.2 Å². The van der Waals surface area contributed by atoms with Gasteiger partial charge in [0.05, 0.1) is 0 Å². The lowest BCUT2D eigenvalue weighted by molar-refractivity contribution is -0.109. The van der Waals surface area contributed by atoms with Crippen LogP contribution in [0.4, 0.5) is 0 Å². The minimum atomic E-state index is -0.0127. The Morgan fingerprint density at radius 2 is 1.87 bits per heavy atom. The number of aldehydes is 1. The lowest BCUT2D eigenvalue weighted by Gasteiger charge is -2.25. The molecule has 86 valence electrons. The molecule has 0 heterocycles. The van der Waals surface area contributed by atoms with Crippen LogP contribution in [0.5, 0.6) is 0 Å². The second-order valence-corrected chi connectivity index (χ2v) is 5.53. The van der Waals surface area contributed by atoms with E-state index in [0.29, 0.717) is 0 Å². The molecule has 0 N–H and O–H groups in total. The Bertz CT molecular complexity index is 269. The van der Waals surface area contributed by atoms with Gasteiger partial charge in [-0.1, -0.05) is 39.8 Å². The molecule has 0 bridgehead atoms. The lowest BCUT2D eigenvalue weighted by Crippen LogP contribution is -2.12. The Kier molecular flexibility index (Phi) is 5.96. The number of thioether (sulfide) groups is 1. The fourth-order valence-electron chi connectivity index (χ4n) is 1.39. The van der Waals surface area contributed by atoms with Crippen molar-refractivity contribution in [1.29, 1.82) is 0 Å². The van der Waals surface area contributed by atoms with Gasteiger partial charge in [0, 0.05) is 10.8 Å². The SMILES string of the molecule is C/C=C(SC)\C(=C/C(C)C=O)C(C)(C)C. The number of hydrogen-bond donors (Lipinski definition) is 0. The van der Waals surface area contributed by atoms with E-state index in [1.165, 1.54) is 10.5 Å². The van der Waals surface area contributed by atoms with Crippen LogP contribution in [0.15, 0.2) is 22.6 Å². The Hall–Kier alpha value is -0.500. The number of allylic oxidation sites excluding steroid dienone is 3. The average molecular weight is 226 g/mol. The molecule has 2 heteroatoms. The molecule has 1 atom stereocenters. The normalized spacial score (nSPS) is 16.4. The maximum Gasteiger partial charge on any atom is 0.126 e. The van der Waals surface area contributed by atoms with Crippen LogP contribution in [0.3, 0.4) is 0 Å². The standard InChI is InChI=1S/C13H22OS/c1-7-12(15-6)11(13(3,4)5)8-10(2)9-14/h7-10H,1-6H3/b11-8+,12-7+. The highest BCUT2D eigenvalue weighted by Crippen LogP contribution is 2.36. The van der Waals surface area contributed by atoms with Crippen LogP contribution >= 0.6 is 11.8 Å². The molecule has 0 aliphatic heterocycles. The molecule has 1 nitrogen and oxygen atoms in total. The number of carbonyl (C=O) groups is 1. The van der Waals surface area contributed by atoms with E-state index in [0.717, 1.165) is 6.29 Å². The molecule has 0 radical (unpaired) electrons. The van der Waals surface area contributed by atoms with E-state index < -0.39 is 0 Å². The molecule has 0 amide bonds. The van der Waals surface area contributed by atoms with Gasteiger partial charge in [-0.3, -0.25) is 0 Å². The molecular weight excluding hydrogens is 204 g/mol. The van der Waals surface area contributed by atoms with Gasteiger partial charge in [0.1, 0.15) is 6.29 Å². The van der Waals surface area contributed by atoms with E-state index in [-0.39, 0.29) is 11.3 Å². The largest absolute Gasteiger partial charge is 0.303 e. The zero-order chi connectivity index (χ0) is 12.1. The van der Waals surface area contributed by atoms with Gasteiger partial charge in [0.25, 0.3) is 0 Å². The Morgan fingerprint density at radius 1 is 1.33 bits per heavy atom. The van der Waals surface area contributed by atoms with E-state index in [1.807, 2.05) is 13.8 Å². The van der Waals surface area contributed by atoms with Crippen molar-refractivity contribution in [2.75, 3.05) is 6.26 Å². The van der Waals surface area contributed by atoms with Crippen molar-refractivity contribution in [1.82, 2.24) is 0 Å². The number of hydrogen-bond acceptors (Lipinski definition) is 2. The quantitative estimate of drug-likeness (QED) is 0.531. The summed E-state index contributed by atoms with van der Waals surface area (Å²) >= 11 is 1.73. The van der Waals surface area contributed by atoms with Crippen LogP contribution in [0, 0.1) is 11.3 Å². The molecule has 0 aromatic rings. The van der Waals surface area contributed by atoms with Crippen molar-refractivity contribution in [2.24, 2.45) is 11.3 Å². The Morgan fingerprint density at radius 3 is 2.13 bits per heavy atom. The average Bonchev–Trinajstić information content (AvgIpc) is 2.16. The molecule has 0 aromatic carbocycles. The highest BCUT2D eigenvalue weighted by molar-refractivity contribution is 8.02. The highest BCUT2D eigenvalue weighted by atomic mass is 32.2. The van der Waals surface area contributed by atoms with Crippen molar-refractivity contribution >= 4 is 18.0 Å². The van der Waals surface area contributed by atoms with Crippen LogP contribution in [-0.2, 0) is 4.79 Å². The van der Waals surface area contributed by atoms with Crippen LogP contribution in [0.1, 0.15) is 34.6 Å². The minimum Gasteiger partial charge on any atom is -0.303 e. The number of rotatable bonds is 4. The highest BCUT2D eigenvalue weighted by Gasteiger charge is 2.20. The first-order valence-electron chi connectivity index (χ1n) is 5.25. The zero-order valence-electron chi connectivity index (χ0n) is 10.6. The second-order valence-electron chi connectivity index (χ2n) is 4.68. The summed E-state index contributed by atoms with van der Waals surface area (Å²) < 4.78 is 0. The third-order valence-electron chi connectivity index (χ3n) is 2.20. The van der Waals surface area contributed by atoms with Crippen molar-refractivity contribution in [3.63, 3.8) is 0 Å². The first-order chi connectivity index (χ1) is 6.86. The van der Waals surface area contributed by atoms with Crippen molar-refractivity contribution in [3.05, 3.63) is 22.6 Å². The summed E-state index contributed by atoms with van der Waals surface area (Å²) in [6.45, 7) is 10.5. The molecular formula is C13H22OS. The zero-order valence-corrected chi connectivity index (χ0v) is 11.4. The molecule has 0 saturated heterocycles. The van der Waals surface area contributed by atoms with Gasteiger partial charge in [0.2, 0.25) is 0 Å². The van der Waals surface area contributed by atoms with E-state index in [1.54, 1.807) is 11.8 Å². The molecule has 0 rings (SSSR count). The van der Waals surface area contributed by atoms with Gasteiger partial charge in [-0.2, -0.15) is 0 Å². The van der Waals surface area contributed by atoms with E-state index in [2.05, 4.69) is 39.2 Å². The fourth-order valence-corrected chi connectivity index (χ4v) is 2.22. The smallest absolute Gasteiger partial charge is 0.126 e. The first kappa shape index (κ1) is 14.5. The molecule has 0 spiro atoms. The summed E-state index contributed by atoms with van der Waals surface area (Å²) in [6, 6.07) is 0. The summed E-state index contributed by atoms with van der Waals surface area (Å²) in [6.07, 6.45) is 7.23. The van der Waals surface area contributed by atoms with Crippen molar-refractivity contribution < 1.29 is 4.79 Å². The lowest BCUT2D eigenvalue weighted by atomic mass is 9.84. The summed E-state index contributed by atoms with van der Waals surface area (Å²) in [5.74, 6) is -0.0127. The molecule has 0 fully saturated rings. The van der Waals surface area contributed by atoms with Gasteiger partial charge in [0.15, 0.2) is 0 Å². The third kappa shape index (κ3) is 4.70. The van der Waals surface area contributed by atoms with Crippen LogP contribution in [-0.4, -0.2) is 12.5 Å². The van der Waals surface area contributed by atoms with Crippen molar-refractivity contribution in [3.8, 4) is 0 Å². The summed E-state index contributed by atoms with van der Waals surface area (Å²) in [4.78, 5) is 12.0. The third-order valence-corrected chi connectivity index (χ3v) is 3.10. The molecule has 0 aromatic heterocycles. The van der Waals surface area contributed by atoms with Gasteiger partial charge in [-0.25, -0.2) is 0 Å². The summed E-state index contributed by atoms with van der Waals surface area (Å²) in [7, 11) is 0. The van der Waals surface area contributed by atoms with Gasteiger partial charge < -0.3 is 4.79 Å². The predicted molar refractivity (Wildman–Crippen MR) is 70.0 cm³/mol. The second kappa shape index (κ2) is 6.16. The topological polar surface area (TPSA) is 17.1 Å². The number of carbonyl (C=O) groups excluding carboxylic acids is 1. The van der Waals surface area contributed by atoms with E-state index >= 15 is 0 Å². The van der Waals surface area contributed by atoms with Crippen LogP contribution in [0.2, 0.25) is 0 Å². The van der Waals surface area contributed by atoms with Crippen molar-refractivity contribution in [2.45, 2.75) is 34.6 Å². The summed E-state index contributed by atoms with van der Waals surface area (Å²) in [5, 5.41) is 0. The van der Waals surface area contributed by atoms with Crippen LogP contribution in [0.25, 0.3) is 0 Å². The molecule has 0 aliphatic carbocycles. The molecule has 0 aliphatic rings.